The molecule has 2 rings (SSSR count). The van der Waals surface area contributed by atoms with Gasteiger partial charge < -0.3 is 19.9 Å². The van der Waals surface area contributed by atoms with Crippen molar-refractivity contribution in [2.24, 2.45) is 0 Å². The fourth-order valence-corrected chi connectivity index (χ4v) is 1.98. The largest absolute Gasteiger partial charge is 0.497 e. The molecule has 0 aliphatic carbocycles. The van der Waals surface area contributed by atoms with E-state index in [2.05, 4.69) is 15.3 Å². The summed E-state index contributed by atoms with van der Waals surface area (Å²) in [5, 5.41) is 11.8. The van der Waals surface area contributed by atoms with E-state index >= 15 is 0 Å². The Morgan fingerprint density at radius 3 is 2.68 bits per heavy atom. The second-order valence-electron chi connectivity index (χ2n) is 4.24. The Bertz CT molecular complexity index is 694. The molecule has 8 heteroatoms. The minimum Gasteiger partial charge on any atom is -0.497 e. The lowest BCUT2D eigenvalue weighted by atomic mass is 10.2. The van der Waals surface area contributed by atoms with Gasteiger partial charge in [-0.1, -0.05) is 0 Å². The molecule has 0 fully saturated rings. The van der Waals surface area contributed by atoms with Crippen LogP contribution < -0.4 is 14.8 Å². The number of hydrogen-bond acceptors (Lipinski definition) is 6. The Hall–Kier alpha value is -2.54. The van der Waals surface area contributed by atoms with Gasteiger partial charge in [-0.3, -0.25) is 0 Å². The molecule has 0 bridgehead atoms. The number of halogens is 1. The van der Waals surface area contributed by atoms with E-state index in [9.17, 15) is 4.79 Å². The highest BCUT2D eigenvalue weighted by Crippen LogP contribution is 2.25. The number of carboxylic acid groups (broad SMARTS) is 1. The molecule has 1 aromatic heterocycles. The maximum Gasteiger partial charge on any atom is 0.354 e. The number of rotatable bonds is 6. The molecule has 0 saturated heterocycles. The molecule has 0 unspecified atom stereocenters. The lowest BCUT2D eigenvalue weighted by molar-refractivity contribution is 0.0690. The number of methoxy groups -OCH3 is 2. The van der Waals surface area contributed by atoms with Crippen LogP contribution in [0.5, 0.6) is 11.5 Å². The molecule has 0 atom stereocenters. The number of carbonyl (C=O) groups is 1. The van der Waals surface area contributed by atoms with Crippen LogP contribution in [-0.2, 0) is 6.54 Å². The smallest absolute Gasteiger partial charge is 0.354 e. The van der Waals surface area contributed by atoms with E-state index in [0.717, 1.165) is 5.56 Å². The summed E-state index contributed by atoms with van der Waals surface area (Å²) in [6.45, 7) is 0.375. The van der Waals surface area contributed by atoms with Crippen molar-refractivity contribution in [3.8, 4) is 11.5 Å². The van der Waals surface area contributed by atoms with Gasteiger partial charge in [-0.05, 0) is 23.7 Å². The van der Waals surface area contributed by atoms with Gasteiger partial charge in [0.15, 0.2) is 5.69 Å². The van der Waals surface area contributed by atoms with E-state index in [1.807, 2.05) is 6.07 Å². The summed E-state index contributed by atoms with van der Waals surface area (Å²) in [6, 6.07) is 6.71. The number of nitrogens with one attached hydrogen (secondary N) is 1. The molecular weight excluding hydrogens is 310 g/mol. The van der Waals surface area contributed by atoms with Crippen LogP contribution in [0.25, 0.3) is 0 Å². The van der Waals surface area contributed by atoms with Crippen molar-refractivity contribution in [1.29, 1.82) is 0 Å². The second-order valence-corrected chi connectivity index (χ2v) is 4.58. The van der Waals surface area contributed by atoms with Gasteiger partial charge in [-0.25, -0.2) is 14.8 Å². The van der Waals surface area contributed by atoms with E-state index in [0.29, 0.717) is 23.9 Å². The van der Waals surface area contributed by atoms with Gasteiger partial charge in [-0.15, -0.1) is 0 Å². The first-order valence-corrected chi connectivity index (χ1v) is 6.64. The maximum absolute atomic E-state index is 10.9. The van der Waals surface area contributed by atoms with Crippen molar-refractivity contribution in [1.82, 2.24) is 9.97 Å². The summed E-state index contributed by atoms with van der Waals surface area (Å²) in [5.41, 5.74) is 0.680. The molecule has 0 spiro atoms. The van der Waals surface area contributed by atoms with Crippen molar-refractivity contribution in [2.75, 3.05) is 19.5 Å². The van der Waals surface area contributed by atoms with Crippen LogP contribution >= 0.6 is 11.6 Å². The molecule has 0 radical (unpaired) electrons. The highest BCUT2D eigenvalue weighted by atomic mass is 35.5. The summed E-state index contributed by atoms with van der Waals surface area (Å²) in [4.78, 5) is 18.5. The molecule has 1 heterocycles. The van der Waals surface area contributed by atoms with Crippen molar-refractivity contribution in [3.63, 3.8) is 0 Å². The Morgan fingerprint density at radius 2 is 2.05 bits per heavy atom. The summed E-state index contributed by atoms with van der Waals surface area (Å²) in [6.07, 6.45) is 0. The van der Waals surface area contributed by atoms with E-state index < -0.39 is 5.97 Å². The lowest BCUT2D eigenvalue weighted by Crippen LogP contribution is -2.07. The zero-order valence-corrected chi connectivity index (χ0v) is 12.7. The van der Waals surface area contributed by atoms with Gasteiger partial charge in [0.2, 0.25) is 5.28 Å². The molecule has 7 nitrogen and oxygen atoms in total. The lowest BCUT2D eigenvalue weighted by Gasteiger charge is -2.12. The first-order chi connectivity index (χ1) is 10.5. The number of carboxylic acids is 1. The van der Waals surface area contributed by atoms with Crippen LogP contribution in [0.1, 0.15) is 16.1 Å². The van der Waals surface area contributed by atoms with E-state index in [-0.39, 0.29) is 11.0 Å². The minimum absolute atomic E-state index is 0.135. The standard InChI is InChI=1S/C14H14ClN3O4/c1-21-9-4-3-8(11(5-9)22-2)7-16-12-6-10(13(19)20)17-14(15)18-12/h3-6H,7H2,1-2H3,(H,19,20)(H,16,17,18). The van der Waals surface area contributed by atoms with Gasteiger partial charge in [-0.2, -0.15) is 0 Å². The first-order valence-electron chi connectivity index (χ1n) is 6.26. The van der Waals surface area contributed by atoms with Crippen molar-refractivity contribution in [3.05, 3.63) is 40.8 Å². The van der Waals surface area contributed by atoms with Gasteiger partial charge in [0.05, 0.1) is 14.2 Å². The fourth-order valence-electron chi connectivity index (χ4n) is 1.80. The van der Waals surface area contributed by atoms with Gasteiger partial charge in [0, 0.05) is 24.2 Å². The summed E-state index contributed by atoms with van der Waals surface area (Å²) < 4.78 is 10.4. The third kappa shape index (κ3) is 3.76. The molecule has 0 aliphatic rings. The average molecular weight is 324 g/mol. The zero-order valence-electron chi connectivity index (χ0n) is 12.0. The van der Waals surface area contributed by atoms with Crippen LogP contribution in [0.4, 0.5) is 5.82 Å². The number of nitrogens with zero attached hydrogens (tertiary/aromatic N) is 2. The number of hydrogen-bond donors (Lipinski definition) is 2. The van der Waals surface area contributed by atoms with E-state index in [1.54, 1.807) is 26.4 Å². The minimum atomic E-state index is -1.17. The van der Waals surface area contributed by atoms with Crippen LogP contribution in [0.15, 0.2) is 24.3 Å². The maximum atomic E-state index is 10.9. The Morgan fingerprint density at radius 1 is 1.27 bits per heavy atom. The van der Waals surface area contributed by atoms with Gasteiger partial charge in [0.25, 0.3) is 0 Å². The van der Waals surface area contributed by atoms with Crippen molar-refractivity contribution < 1.29 is 19.4 Å². The SMILES string of the molecule is COc1ccc(CNc2cc(C(=O)O)nc(Cl)n2)c(OC)c1. The monoisotopic (exact) mass is 323 g/mol. The predicted octanol–water partition coefficient (Wildman–Crippen LogP) is 2.46. The molecule has 0 amide bonds. The van der Waals surface area contributed by atoms with Crippen LogP contribution in [0.2, 0.25) is 5.28 Å². The Balaban J connectivity index is 2.18. The van der Waals surface area contributed by atoms with Crippen LogP contribution in [0.3, 0.4) is 0 Å². The highest BCUT2D eigenvalue weighted by Gasteiger charge is 2.10. The fraction of sp³-hybridized carbons (Fsp3) is 0.214. The summed E-state index contributed by atoms with van der Waals surface area (Å²) >= 11 is 5.71. The second kappa shape index (κ2) is 6.95. The van der Waals surface area contributed by atoms with Gasteiger partial charge >= 0.3 is 5.97 Å². The zero-order chi connectivity index (χ0) is 16.1. The third-order valence-corrected chi connectivity index (χ3v) is 3.04. The van der Waals surface area contributed by atoms with Crippen LogP contribution in [0, 0.1) is 0 Å². The number of ether oxygens (including phenoxy) is 2. The molecule has 2 N–H and O–H groups in total. The number of anilines is 1. The molecule has 1 aromatic carbocycles. The highest BCUT2D eigenvalue weighted by molar-refractivity contribution is 6.28. The third-order valence-electron chi connectivity index (χ3n) is 2.87. The van der Waals surface area contributed by atoms with Gasteiger partial charge in [0.1, 0.15) is 17.3 Å². The van der Waals surface area contributed by atoms with Crippen LogP contribution in [-0.4, -0.2) is 35.3 Å². The summed E-state index contributed by atoms with van der Waals surface area (Å²) in [7, 11) is 3.13. The molecule has 116 valence electrons. The Labute approximate surface area is 131 Å². The quantitative estimate of drug-likeness (QED) is 0.788. The van der Waals surface area contributed by atoms with E-state index in [4.69, 9.17) is 26.2 Å². The molecule has 2 aromatic rings. The normalized spacial score (nSPS) is 10.1. The number of benzene rings is 1. The molecule has 0 saturated carbocycles. The summed E-state index contributed by atoms with van der Waals surface area (Å²) in [5.74, 6) is 0.467. The molecule has 0 aliphatic heterocycles. The number of aromatic nitrogens is 2. The average Bonchev–Trinajstić information content (AvgIpc) is 2.52. The van der Waals surface area contributed by atoms with Crippen molar-refractivity contribution >= 4 is 23.4 Å². The van der Waals surface area contributed by atoms with Crippen molar-refractivity contribution in [2.45, 2.75) is 6.54 Å². The first kappa shape index (κ1) is 15.8. The van der Waals surface area contributed by atoms with E-state index in [1.165, 1.54) is 6.07 Å². The Kier molecular flexibility index (Phi) is 5.00. The topological polar surface area (TPSA) is 93.6 Å². The molecule has 22 heavy (non-hydrogen) atoms. The molecular formula is C14H14ClN3O4. The predicted molar refractivity (Wildman–Crippen MR) is 80.9 cm³/mol. The number of aromatic carboxylic acids is 1.